The topological polar surface area (TPSA) is 49.4 Å². The summed E-state index contributed by atoms with van der Waals surface area (Å²) in [6.07, 6.45) is 0. The van der Waals surface area contributed by atoms with Crippen molar-refractivity contribution in [2.45, 2.75) is 17.4 Å². The molecule has 0 aromatic heterocycles. The van der Waals surface area contributed by atoms with Crippen molar-refractivity contribution in [2.24, 2.45) is 0 Å². The summed E-state index contributed by atoms with van der Waals surface area (Å²) in [7, 11) is 0. The molecule has 0 radical (unpaired) electrons. The summed E-state index contributed by atoms with van der Waals surface area (Å²) in [6.45, 7) is 2.00. The highest BCUT2D eigenvalue weighted by Gasteiger charge is 2.49. The van der Waals surface area contributed by atoms with Gasteiger partial charge < -0.3 is 5.32 Å². The van der Waals surface area contributed by atoms with Gasteiger partial charge in [-0.2, -0.15) is 0 Å². The molecule has 0 aliphatic carbocycles. The molecule has 1 saturated heterocycles. The molecular formula is C18H16Cl2N2O2S. The van der Waals surface area contributed by atoms with Crippen LogP contribution in [-0.2, 0) is 10.3 Å². The highest BCUT2D eigenvalue weighted by atomic mass is 35.5. The first-order chi connectivity index (χ1) is 11.9. The van der Waals surface area contributed by atoms with Gasteiger partial charge in [0.1, 0.15) is 5.54 Å². The van der Waals surface area contributed by atoms with Gasteiger partial charge >= 0.3 is 6.03 Å². The zero-order chi connectivity index (χ0) is 18.0. The molecule has 3 rings (SSSR count). The summed E-state index contributed by atoms with van der Waals surface area (Å²) >= 11 is 13.6. The van der Waals surface area contributed by atoms with E-state index in [9.17, 15) is 9.59 Å². The number of urea groups is 1. The SMILES string of the molecule is C[C@]1(c2ccccc2Cl)NC(=O)N(CCSc2ccc(Cl)cc2)C1=O. The number of hydrogen-bond acceptors (Lipinski definition) is 3. The van der Waals surface area contributed by atoms with Crippen molar-refractivity contribution in [3.63, 3.8) is 0 Å². The fourth-order valence-corrected chi connectivity index (χ4v) is 4.02. The van der Waals surface area contributed by atoms with Gasteiger partial charge in [0.15, 0.2) is 0 Å². The Balaban J connectivity index is 1.69. The third kappa shape index (κ3) is 3.64. The number of hydrogen-bond donors (Lipinski definition) is 1. The van der Waals surface area contributed by atoms with Gasteiger partial charge in [0.05, 0.1) is 0 Å². The Labute approximate surface area is 160 Å². The summed E-state index contributed by atoms with van der Waals surface area (Å²) in [5, 5.41) is 3.90. The van der Waals surface area contributed by atoms with Crippen LogP contribution < -0.4 is 5.32 Å². The first-order valence-electron chi connectivity index (χ1n) is 7.69. The van der Waals surface area contributed by atoms with Gasteiger partial charge in [-0.25, -0.2) is 4.79 Å². The Bertz CT molecular complexity index is 813. The predicted octanol–water partition coefficient (Wildman–Crippen LogP) is 4.55. The van der Waals surface area contributed by atoms with E-state index in [1.807, 2.05) is 24.3 Å². The van der Waals surface area contributed by atoms with E-state index in [1.54, 1.807) is 43.0 Å². The molecule has 0 saturated carbocycles. The van der Waals surface area contributed by atoms with E-state index in [4.69, 9.17) is 23.2 Å². The van der Waals surface area contributed by atoms with E-state index in [0.717, 1.165) is 4.90 Å². The minimum absolute atomic E-state index is 0.290. The number of thioether (sulfide) groups is 1. The molecule has 2 aromatic rings. The van der Waals surface area contributed by atoms with Crippen LogP contribution in [0.25, 0.3) is 0 Å². The van der Waals surface area contributed by atoms with Gasteiger partial charge in [0, 0.05) is 32.8 Å². The monoisotopic (exact) mass is 394 g/mol. The van der Waals surface area contributed by atoms with Crippen LogP contribution in [0.1, 0.15) is 12.5 Å². The Hall–Kier alpha value is -1.69. The van der Waals surface area contributed by atoms with Gasteiger partial charge in [0.2, 0.25) is 0 Å². The number of carbonyl (C=O) groups is 2. The van der Waals surface area contributed by atoms with Crippen molar-refractivity contribution in [3.05, 3.63) is 64.1 Å². The standard InChI is InChI=1S/C18H16Cl2N2O2S/c1-18(14-4-2-3-5-15(14)20)16(23)22(17(24)21-18)10-11-25-13-8-6-12(19)7-9-13/h2-9H,10-11H2,1H3,(H,21,24)/t18-/m1/s1. The molecule has 130 valence electrons. The summed E-state index contributed by atoms with van der Waals surface area (Å²) in [6, 6.07) is 14.1. The second kappa shape index (κ2) is 7.28. The molecule has 1 N–H and O–H groups in total. The molecular weight excluding hydrogens is 379 g/mol. The summed E-state index contributed by atoms with van der Waals surface area (Å²) in [4.78, 5) is 27.4. The first-order valence-corrected chi connectivity index (χ1v) is 9.43. The third-order valence-electron chi connectivity index (χ3n) is 4.08. The smallest absolute Gasteiger partial charge is 0.319 e. The Morgan fingerprint density at radius 3 is 2.44 bits per heavy atom. The number of nitrogens with zero attached hydrogens (tertiary/aromatic N) is 1. The normalized spacial score (nSPS) is 20.0. The number of rotatable bonds is 5. The van der Waals surface area contributed by atoms with Crippen LogP contribution in [-0.4, -0.2) is 29.1 Å². The van der Waals surface area contributed by atoms with Gasteiger partial charge in [-0.3, -0.25) is 9.69 Å². The number of halogens is 2. The van der Waals surface area contributed by atoms with Crippen molar-refractivity contribution >= 4 is 46.9 Å². The molecule has 3 amide bonds. The minimum Gasteiger partial charge on any atom is -0.319 e. The lowest BCUT2D eigenvalue weighted by Crippen LogP contribution is -2.41. The lowest BCUT2D eigenvalue weighted by molar-refractivity contribution is -0.130. The van der Waals surface area contributed by atoms with E-state index >= 15 is 0 Å². The summed E-state index contributed by atoms with van der Waals surface area (Å²) in [5.41, 5.74) is -0.539. The van der Waals surface area contributed by atoms with E-state index in [-0.39, 0.29) is 5.91 Å². The van der Waals surface area contributed by atoms with Crippen LogP contribution in [0.2, 0.25) is 10.0 Å². The zero-order valence-corrected chi connectivity index (χ0v) is 15.8. The predicted molar refractivity (Wildman–Crippen MR) is 101 cm³/mol. The average molecular weight is 395 g/mol. The van der Waals surface area contributed by atoms with Gasteiger partial charge in [0.25, 0.3) is 5.91 Å². The Morgan fingerprint density at radius 2 is 1.76 bits per heavy atom. The van der Waals surface area contributed by atoms with Crippen molar-refractivity contribution in [1.82, 2.24) is 10.2 Å². The van der Waals surface area contributed by atoms with E-state index in [0.29, 0.717) is 27.9 Å². The van der Waals surface area contributed by atoms with Crippen molar-refractivity contribution in [3.8, 4) is 0 Å². The Kier molecular flexibility index (Phi) is 5.27. The maximum atomic E-state index is 12.8. The molecule has 1 aliphatic rings. The molecule has 1 aliphatic heterocycles. The molecule has 0 unspecified atom stereocenters. The largest absolute Gasteiger partial charge is 0.325 e. The molecule has 1 atom stereocenters. The molecule has 2 aromatic carbocycles. The van der Waals surface area contributed by atoms with Crippen LogP contribution in [0, 0.1) is 0 Å². The summed E-state index contributed by atoms with van der Waals surface area (Å²) < 4.78 is 0. The number of carbonyl (C=O) groups excluding carboxylic acids is 2. The number of amides is 3. The Morgan fingerprint density at radius 1 is 1.08 bits per heavy atom. The molecule has 1 heterocycles. The minimum atomic E-state index is -1.14. The van der Waals surface area contributed by atoms with Crippen molar-refractivity contribution in [1.29, 1.82) is 0 Å². The van der Waals surface area contributed by atoms with Gasteiger partial charge in [-0.1, -0.05) is 41.4 Å². The van der Waals surface area contributed by atoms with Crippen molar-refractivity contribution in [2.75, 3.05) is 12.3 Å². The second-order valence-corrected chi connectivity index (χ2v) is 7.81. The number of imide groups is 1. The van der Waals surface area contributed by atoms with E-state index < -0.39 is 11.6 Å². The maximum Gasteiger partial charge on any atom is 0.325 e. The highest BCUT2D eigenvalue weighted by molar-refractivity contribution is 7.99. The lowest BCUT2D eigenvalue weighted by atomic mass is 9.92. The van der Waals surface area contributed by atoms with Crippen molar-refractivity contribution < 1.29 is 9.59 Å². The third-order valence-corrected chi connectivity index (χ3v) is 5.66. The van der Waals surface area contributed by atoms with E-state index in [2.05, 4.69) is 5.32 Å². The molecule has 0 spiro atoms. The van der Waals surface area contributed by atoms with Gasteiger partial charge in [-0.15, -0.1) is 11.8 Å². The average Bonchev–Trinajstić information content (AvgIpc) is 2.81. The lowest BCUT2D eigenvalue weighted by Gasteiger charge is -2.23. The number of benzene rings is 2. The molecule has 25 heavy (non-hydrogen) atoms. The van der Waals surface area contributed by atoms with E-state index in [1.165, 1.54) is 4.90 Å². The molecule has 7 heteroatoms. The second-order valence-electron chi connectivity index (χ2n) is 5.79. The maximum absolute atomic E-state index is 12.8. The fourth-order valence-electron chi connectivity index (χ4n) is 2.73. The van der Waals surface area contributed by atoms with Crippen LogP contribution >= 0.6 is 35.0 Å². The fraction of sp³-hybridized carbons (Fsp3) is 0.222. The van der Waals surface area contributed by atoms with Crippen LogP contribution in [0.4, 0.5) is 4.79 Å². The zero-order valence-electron chi connectivity index (χ0n) is 13.5. The molecule has 0 bridgehead atoms. The first kappa shape index (κ1) is 18.1. The molecule has 4 nitrogen and oxygen atoms in total. The van der Waals surface area contributed by atoms with Crippen LogP contribution in [0.5, 0.6) is 0 Å². The number of nitrogens with one attached hydrogen (secondary N) is 1. The quantitative estimate of drug-likeness (QED) is 0.597. The molecule has 1 fully saturated rings. The van der Waals surface area contributed by atoms with Gasteiger partial charge in [-0.05, 0) is 37.3 Å². The van der Waals surface area contributed by atoms with Crippen LogP contribution in [0.15, 0.2) is 53.4 Å². The van der Waals surface area contributed by atoms with Crippen LogP contribution in [0.3, 0.4) is 0 Å². The highest BCUT2D eigenvalue weighted by Crippen LogP contribution is 2.33. The summed E-state index contributed by atoms with van der Waals surface area (Å²) in [5.74, 6) is 0.307.